The number of rotatable bonds is 4. The highest BCUT2D eigenvalue weighted by Crippen LogP contribution is 2.18. The molecule has 0 aromatic rings. The van der Waals surface area contributed by atoms with Crippen molar-refractivity contribution < 1.29 is 8.78 Å². The maximum absolute atomic E-state index is 12.4. The van der Waals surface area contributed by atoms with Gasteiger partial charge in [0.1, 0.15) is 0 Å². The summed E-state index contributed by atoms with van der Waals surface area (Å²) in [5.74, 6) is -2.51. The first-order valence-electron chi connectivity index (χ1n) is 4.15. The number of alkyl halides is 2. The van der Waals surface area contributed by atoms with Gasteiger partial charge in [-0.25, -0.2) is 8.78 Å². The van der Waals surface area contributed by atoms with E-state index in [9.17, 15) is 8.78 Å². The number of hydrogen-bond acceptors (Lipinski definition) is 1. The van der Waals surface area contributed by atoms with Gasteiger partial charge in [-0.05, 0) is 7.05 Å². The molecule has 0 aliphatic heterocycles. The minimum Gasteiger partial charge on any atom is -0.314 e. The van der Waals surface area contributed by atoms with Gasteiger partial charge in [-0.3, -0.25) is 0 Å². The number of halogens is 2. The molecule has 0 atom stereocenters. The fraction of sp³-hybridized carbons (Fsp3) is 1.00. The summed E-state index contributed by atoms with van der Waals surface area (Å²) in [5.41, 5.74) is 0. The summed E-state index contributed by atoms with van der Waals surface area (Å²) in [7, 11) is 1.53. The van der Waals surface area contributed by atoms with Gasteiger partial charge in [0, 0.05) is 6.42 Å². The van der Waals surface area contributed by atoms with Crippen molar-refractivity contribution in [2.24, 2.45) is 0 Å². The Morgan fingerprint density at radius 1 is 1.27 bits per heavy atom. The summed E-state index contributed by atoms with van der Waals surface area (Å²) in [5, 5.41) is 2.44. The van der Waals surface area contributed by atoms with Crippen LogP contribution in [0.15, 0.2) is 0 Å². The molecule has 0 aromatic carbocycles. The first-order chi connectivity index (χ1) is 5.12. The van der Waals surface area contributed by atoms with Gasteiger partial charge in [0.2, 0.25) is 0 Å². The van der Waals surface area contributed by atoms with Crippen LogP contribution >= 0.6 is 0 Å². The Balaban J connectivity index is 0. The second-order valence-corrected chi connectivity index (χ2v) is 2.14. The fourth-order valence-electron chi connectivity index (χ4n) is 0.713. The van der Waals surface area contributed by atoms with Gasteiger partial charge in [-0.1, -0.05) is 27.2 Å². The molecular weight excluding hydrogens is 148 g/mol. The second kappa shape index (κ2) is 7.92. The third-order valence-corrected chi connectivity index (χ3v) is 1.05. The van der Waals surface area contributed by atoms with Crippen LogP contribution in [0.4, 0.5) is 8.78 Å². The minimum atomic E-state index is -2.51. The topological polar surface area (TPSA) is 12.0 Å². The van der Waals surface area contributed by atoms with Crippen molar-refractivity contribution in [1.29, 1.82) is 0 Å². The van der Waals surface area contributed by atoms with E-state index in [1.165, 1.54) is 7.05 Å². The molecule has 0 heterocycles. The van der Waals surface area contributed by atoms with Gasteiger partial charge in [-0.15, -0.1) is 0 Å². The molecule has 0 fully saturated rings. The summed E-state index contributed by atoms with van der Waals surface area (Å²) >= 11 is 0. The average Bonchev–Trinajstić information content (AvgIpc) is 1.91. The highest BCUT2D eigenvalue weighted by Gasteiger charge is 2.25. The standard InChI is InChI=1S/C6H13F2N.C2H6/c1-3-4-6(7,8)5-9-2;1-2/h9H,3-5H2,1-2H3;1-2H3. The number of nitrogens with one attached hydrogen (secondary N) is 1. The van der Waals surface area contributed by atoms with Crippen LogP contribution < -0.4 is 5.32 Å². The smallest absolute Gasteiger partial charge is 0.260 e. The summed E-state index contributed by atoms with van der Waals surface area (Å²) < 4.78 is 24.7. The Bertz CT molecular complexity index is 66.5. The molecule has 0 bridgehead atoms. The predicted molar refractivity (Wildman–Crippen MR) is 45.1 cm³/mol. The van der Waals surface area contributed by atoms with Gasteiger partial charge in [0.15, 0.2) is 0 Å². The van der Waals surface area contributed by atoms with Gasteiger partial charge >= 0.3 is 0 Å². The Kier molecular flexibility index (Phi) is 9.66. The molecule has 11 heavy (non-hydrogen) atoms. The second-order valence-electron chi connectivity index (χ2n) is 2.14. The third-order valence-electron chi connectivity index (χ3n) is 1.05. The van der Waals surface area contributed by atoms with Gasteiger partial charge < -0.3 is 5.32 Å². The maximum atomic E-state index is 12.4. The van der Waals surface area contributed by atoms with E-state index in [1.807, 2.05) is 13.8 Å². The third kappa shape index (κ3) is 9.82. The molecule has 0 unspecified atom stereocenters. The zero-order chi connectivity index (χ0) is 9.33. The lowest BCUT2D eigenvalue weighted by Gasteiger charge is -2.13. The zero-order valence-corrected chi connectivity index (χ0v) is 7.88. The van der Waals surface area contributed by atoms with E-state index in [0.717, 1.165) is 0 Å². The lowest BCUT2D eigenvalue weighted by Crippen LogP contribution is -2.29. The highest BCUT2D eigenvalue weighted by atomic mass is 19.3. The van der Waals surface area contributed by atoms with Gasteiger partial charge in [-0.2, -0.15) is 0 Å². The molecule has 0 aliphatic carbocycles. The molecule has 0 saturated carbocycles. The van der Waals surface area contributed by atoms with E-state index in [2.05, 4.69) is 5.32 Å². The van der Waals surface area contributed by atoms with Crippen LogP contribution in [-0.2, 0) is 0 Å². The molecule has 0 radical (unpaired) electrons. The van der Waals surface area contributed by atoms with E-state index >= 15 is 0 Å². The van der Waals surface area contributed by atoms with Crippen LogP contribution in [-0.4, -0.2) is 19.5 Å². The molecular formula is C8H19F2N. The van der Waals surface area contributed by atoms with Crippen LogP contribution in [0, 0.1) is 0 Å². The Labute approximate surface area is 68.2 Å². The van der Waals surface area contributed by atoms with Crippen LogP contribution in [0.5, 0.6) is 0 Å². The molecule has 1 nitrogen and oxygen atoms in total. The molecule has 70 valence electrons. The molecule has 0 aliphatic rings. The van der Waals surface area contributed by atoms with Crippen LogP contribution in [0.2, 0.25) is 0 Å². The SMILES string of the molecule is CC.CCCC(F)(F)CNC. The van der Waals surface area contributed by atoms with Crippen LogP contribution in [0.25, 0.3) is 0 Å². The monoisotopic (exact) mass is 167 g/mol. The van der Waals surface area contributed by atoms with E-state index in [1.54, 1.807) is 6.92 Å². The maximum Gasteiger partial charge on any atom is 0.260 e. The van der Waals surface area contributed by atoms with E-state index in [-0.39, 0.29) is 13.0 Å². The van der Waals surface area contributed by atoms with Crippen molar-refractivity contribution in [2.45, 2.75) is 39.5 Å². The van der Waals surface area contributed by atoms with Crippen molar-refractivity contribution in [2.75, 3.05) is 13.6 Å². The molecule has 0 rings (SSSR count). The lowest BCUT2D eigenvalue weighted by atomic mass is 10.2. The van der Waals surface area contributed by atoms with Crippen molar-refractivity contribution in [3.05, 3.63) is 0 Å². The molecule has 0 spiro atoms. The first kappa shape index (κ1) is 13.4. The normalized spacial score (nSPS) is 10.4. The van der Waals surface area contributed by atoms with Crippen molar-refractivity contribution >= 4 is 0 Å². The lowest BCUT2D eigenvalue weighted by molar-refractivity contribution is -0.00524. The van der Waals surface area contributed by atoms with E-state index in [4.69, 9.17) is 0 Å². The quantitative estimate of drug-likeness (QED) is 0.678. The number of hydrogen-bond donors (Lipinski definition) is 1. The predicted octanol–water partition coefficient (Wildman–Crippen LogP) is 2.67. The van der Waals surface area contributed by atoms with Crippen molar-refractivity contribution in [3.8, 4) is 0 Å². The fourth-order valence-corrected chi connectivity index (χ4v) is 0.713. The van der Waals surface area contributed by atoms with Crippen LogP contribution in [0.1, 0.15) is 33.6 Å². The van der Waals surface area contributed by atoms with E-state index in [0.29, 0.717) is 6.42 Å². The molecule has 3 heteroatoms. The highest BCUT2D eigenvalue weighted by molar-refractivity contribution is 4.66. The summed E-state index contributed by atoms with van der Waals surface area (Å²) in [4.78, 5) is 0. The molecule has 0 saturated heterocycles. The Hall–Kier alpha value is -0.180. The first-order valence-corrected chi connectivity index (χ1v) is 4.15. The van der Waals surface area contributed by atoms with E-state index < -0.39 is 5.92 Å². The Morgan fingerprint density at radius 3 is 2.00 bits per heavy atom. The summed E-state index contributed by atoms with van der Waals surface area (Å²) in [6.07, 6.45) is 0.516. The van der Waals surface area contributed by atoms with Gasteiger partial charge in [0.05, 0.1) is 6.54 Å². The largest absolute Gasteiger partial charge is 0.314 e. The minimum absolute atomic E-state index is 0.0200. The molecule has 0 aromatic heterocycles. The molecule has 0 amide bonds. The zero-order valence-electron chi connectivity index (χ0n) is 7.88. The molecule has 1 N–H and O–H groups in total. The van der Waals surface area contributed by atoms with Gasteiger partial charge in [0.25, 0.3) is 5.92 Å². The average molecular weight is 167 g/mol. The summed E-state index contributed by atoms with van der Waals surface area (Å²) in [6, 6.07) is 0. The van der Waals surface area contributed by atoms with Crippen molar-refractivity contribution in [3.63, 3.8) is 0 Å². The Morgan fingerprint density at radius 2 is 1.73 bits per heavy atom. The van der Waals surface area contributed by atoms with Crippen molar-refractivity contribution in [1.82, 2.24) is 5.32 Å². The van der Waals surface area contributed by atoms with Crippen LogP contribution in [0.3, 0.4) is 0 Å². The summed E-state index contributed by atoms with van der Waals surface area (Å²) in [6.45, 7) is 5.55.